The smallest absolute Gasteiger partial charge is 0.186 e. The number of hydrogen-bond acceptors (Lipinski definition) is 13. The topological polar surface area (TPSA) is 208 Å². The van der Waals surface area contributed by atoms with Crippen LogP contribution >= 0.6 is 0 Å². The van der Waals surface area contributed by atoms with Crippen LogP contribution in [-0.4, -0.2) is 139 Å². The minimum Gasteiger partial charge on any atom is -0.394 e. The third-order valence-electron chi connectivity index (χ3n) is 17.7. The maximum absolute atomic E-state index is 11.1. The van der Waals surface area contributed by atoms with Crippen LogP contribution in [0.25, 0.3) is 0 Å². The van der Waals surface area contributed by atoms with Crippen LogP contribution in [-0.2, 0) is 23.7 Å². The fourth-order valence-corrected chi connectivity index (χ4v) is 14.8. The molecule has 0 amide bonds. The van der Waals surface area contributed by atoms with Crippen molar-refractivity contribution in [2.75, 3.05) is 13.2 Å². The number of aliphatic hydroxyl groups excluding tert-OH is 7. The lowest BCUT2D eigenvalue weighted by Gasteiger charge is -2.64. The summed E-state index contributed by atoms with van der Waals surface area (Å²) in [6.45, 7) is 14.6. The first kappa shape index (κ1) is 40.3. The molecule has 3 heterocycles. The number of aliphatic hydroxyl groups is 8. The van der Waals surface area contributed by atoms with Crippen LogP contribution in [0.15, 0.2) is 0 Å². The first-order valence-electron chi connectivity index (χ1n) is 20.8. The molecule has 13 heteroatoms. The van der Waals surface area contributed by atoms with E-state index in [1.165, 1.54) is 0 Å². The summed E-state index contributed by atoms with van der Waals surface area (Å²) >= 11 is 0. The Balaban J connectivity index is 1.09. The van der Waals surface area contributed by atoms with E-state index in [0.29, 0.717) is 24.7 Å². The minimum absolute atomic E-state index is 0.0872. The molecule has 310 valence electrons. The van der Waals surface area contributed by atoms with Crippen LogP contribution in [0.4, 0.5) is 0 Å². The van der Waals surface area contributed by atoms with E-state index in [9.17, 15) is 40.9 Å². The third kappa shape index (κ3) is 5.50. The molecule has 0 unspecified atom stereocenters. The Morgan fingerprint density at radius 1 is 0.704 bits per heavy atom. The highest BCUT2D eigenvalue weighted by molar-refractivity contribution is 5.32. The number of hydrogen-bond donors (Lipinski definition) is 8. The van der Waals surface area contributed by atoms with Crippen molar-refractivity contribution in [2.45, 2.75) is 197 Å². The van der Waals surface area contributed by atoms with E-state index >= 15 is 0 Å². The summed E-state index contributed by atoms with van der Waals surface area (Å²) < 4.78 is 31.9. The van der Waals surface area contributed by atoms with Gasteiger partial charge in [-0.05, 0) is 124 Å². The molecule has 0 aromatic heterocycles. The molecule has 3 aliphatic heterocycles. The zero-order chi connectivity index (χ0) is 39.2. The van der Waals surface area contributed by atoms with Gasteiger partial charge < -0.3 is 64.5 Å². The molecule has 3 saturated heterocycles. The van der Waals surface area contributed by atoms with Gasteiger partial charge in [0, 0.05) is 5.92 Å². The van der Waals surface area contributed by atoms with Crippen molar-refractivity contribution in [1.29, 1.82) is 0 Å². The first-order valence-corrected chi connectivity index (χ1v) is 20.8. The van der Waals surface area contributed by atoms with E-state index in [1.807, 2.05) is 0 Å². The van der Waals surface area contributed by atoms with E-state index in [2.05, 4.69) is 34.6 Å². The van der Waals surface area contributed by atoms with Gasteiger partial charge in [-0.3, -0.25) is 0 Å². The molecule has 0 radical (unpaired) electrons. The summed E-state index contributed by atoms with van der Waals surface area (Å²) in [5.41, 5.74) is -2.02. The molecule has 8 aliphatic rings. The molecule has 8 fully saturated rings. The quantitative estimate of drug-likeness (QED) is 0.174. The normalized spacial score (nSPS) is 58.2. The van der Waals surface area contributed by atoms with Crippen molar-refractivity contribution >= 4 is 0 Å². The molecular weight excluding hydrogens is 700 g/mol. The highest BCUT2D eigenvalue weighted by Gasteiger charge is 2.84. The fourth-order valence-electron chi connectivity index (χ4n) is 14.8. The Hall–Kier alpha value is -0.520. The van der Waals surface area contributed by atoms with E-state index in [-0.39, 0.29) is 51.8 Å². The highest BCUT2D eigenvalue weighted by Crippen LogP contribution is 2.89. The van der Waals surface area contributed by atoms with Gasteiger partial charge in [0.05, 0.1) is 42.7 Å². The maximum Gasteiger partial charge on any atom is 0.186 e. The van der Waals surface area contributed by atoms with Gasteiger partial charge in [-0.25, -0.2) is 0 Å². The van der Waals surface area contributed by atoms with Gasteiger partial charge in [-0.1, -0.05) is 27.7 Å². The van der Waals surface area contributed by atoms with Crippen molar-refractivity contribution in [3.05, 3.63) is 0 Å². The summed E-state index contributed by atoms with van der Waals surface area (Å²) in [7, 11) is 0. The lowest BCUT2D eigenvalue weighted by Crippen LogP contribution is -2.61. The summed E-state index contributed by atoms with van der Waals surface area (Å²) in [5, 5.41) is 84.5. The molecule has 2 spiro atoms. The fraction of sp³-hybridized carbons (Fsp3) is 1.00. The molecule has 5 saturated carbocycles. The van der Waals surface area contributed by atoms with Crippen molar-refractivity contribution in [1.82, 2.24) is 0 Å². The van der Waals surface area contributed by atoms with Crippen LogP contribution in [0.5, 0.6) is 0 Å². The predicted molar refractivity (Wildman–Crippen MR) is 192 cm³/mol. The minimum atomic E-state index is -1.54. The van der Waals surface area contributed by atoms with Crippen LogP contribution < -0.4 is 0 Å². The second-order valence-corrected chi connectivity index (χ2v) is 20.9. The first-order chi connectivity index (χ1) is 25.1. The van der Waals surface area contributed by atoms with Gasteiger partial charge in [0.15, 0.2) is 12.6 Å². The summed E-state index contributed by atoms with van der Waals surface area (Å²) in [6, 6.07) is 0. The summed E-state index contributed by atoms with van der Waals surface area (Å²) in [6.07, 6.45) is -3.37. The Morgan fingerprint density at radius 3 is 2.04 bits per heavy atom. The van der Waals surface area contributed by atoms with Crippen LogP contribution in [0.3, 0.4) is 0 Å². The van der Waals surface area contributed by atoms with Crippen LogP contribution in [0.2, 0.25) is 0 Å². The Kier molecular flexibility index (Phi) is 9.69. The standard InChI is InChI=1S/C41H68O13/c1-35(2)23-8-9-24-38(6)16-21(51-34-31(48)29(46)28(45)22(17-42)52-34)32(39(7)12-10-26(54-39)36(3,4)49)37(38,5)14-15-41(24)19-40(23,41)13-11-25(35)53-33-30(47)27(44)20(43)18-50-33/h20-34,42-49H,8-19H2,1-7H3/t20-,21-,22+,23-,24-,25-,26+,27+,28+,29-,30-,31+,32-,33+,34+,37+,38-,39-,40+,41-/m0/s1. The zero-order valence-electron chi connectivity index (χ0n) is 33.3. The predicted octanol–water partition coefficient (Wildman–Crippen LogP) is 1.75. The SMILES string of the molecule is CC(C)(O)[C@H]1CC[C@@](C)([C@H]2[C@@H](O[C@@H]3O[C@H](CO)[C@@H](O)[C@H](O)[C@H]3O)C[C@@]3(C)[C@@H]4CC[C@H]5C(C)(C)[C@@H](O[C@H]6OC[C@H](O)[C@@H](O)[C@@H]6O)CC[C@@]56C[C@@]46CC[C@]23C)O1. The average molecular weight is 769 g/mol. The largest absolute Gasteiger partial charge is 0.394 e. The van der Waals surface area contributed by atoms with Gasteiger partial charge in [0.25, 0.3) is 0 Å². The van der Waals surface area contributed by atoms with Gasteiger partial charge in [-0.15, -0.1) is 0 Å². The van der Waals surface area contributed by atoms with Gasteiger partial charge in [0.2, 0.25) is 0 Å². The Bertz CT molecular complexity index is 1420. The third-order valence-corrected chi connectivity index (χ3v) is 17.7. The molecule has 54 heavy (non-hydrogen) atoms. The van der Waals surface area contributed by atoms with Crippen molar-refractivity contribution in [2.24, 2.45) is 44.8 Å². The molecule has 13 nitrogen and oxygen atoms in total. The summed E-state index contributed by atoms with van der Waals surface area (Å²) in [4.78, 5) is 0. The van der Waals surface area contributed by atoms with Gasteiger partial charge in [-0.2, -0.15) is 0 Å². The van der Waals surface area contributed by atoms with Crippen molar-refractivity contribution in [3.63, 3.8) is 0 Å². The molecule has 8 rings (SSSR count). The maximum atomic E-state index is 11.1. The van der Waals surface area contributed by atoms with E-state index in [1.54, 1.807) is 13.8 Å². The molecule has 8 N–H and O–H groups in total. The van der Waals surface area contributed by atoms with E-state index in [4.69, 9.17) is 23.7 Å². The monoisotopic (exact) mass is 768 g/mol. The van der Waals surface area contributed by atoms with Crippen molar-refractivity contribution < 1.29 is 64.5 Å². The molecular formula is C41H68O13. The van der Waals surface area contributed by atoms with Crippen molar-refractivity contribution in [3.8, 4) is 0 Å². The molecule has 20 atom stereocenters. The van der Waals surface area contributed by atoms with Crippen LogP contribution in [0, 0.1) is 44.8 Å². The highest BCUT2D eigenvalue weighted by atomic mass is 16.7. The molecule has 0 bridgehead atoms. The molecule has 5 aliphatic carbocycles. The lowest BCUT2D eigenvalue weighted by molar-refractivity contribution is -0.319. The lowest BCUT2D eigenvalue weighted by atomic mass is 9.41. The Labute approximate surface area is 319 Å². The summed E-state index contributed by atoms with van der Waals surface area (Å²) in [5.74, 6) is 0.663. The van der Waals surface area contributed by atoms with E-state index in [0.717, 1.165) is 51.4 Å². The number of rotatable bonds is 7. The second kappa shape index (κ2) is 13.0. The average Bonchev–Trinajstić information content (AvgIpc) is 3.48. The van der Waals surface area contributed by atoms with E-state index < -0.39 is 79.2 Å². The Morgan fingerprint density at radius 2 is 1.37 bits per heavy atom. The second-order valence-electron chi connectivity index (χ2n) is 20.9. The number of ether oxygens (including phenoxy) is 5. The zero-order valence-corrected chi connectivity index (χ0v) is 33.3. The number of fused-ring (bicyclic) bond motifs is 2. The van der Waals surface area contributed by atoms with Crippen LogP contribution in [0.1, 0.15) is 113 Å². The molecule has 0 aromatic rings. The van der Waals surface area contributed by atoms with Gasteiger partial charge >= 0.3 is 0 Å². The van der Waals surface area contributed by atoms with Gasteiger partial charge in [0.1, 0.15) is 42.7 Å². The molecule has 0 aromatic carbocycles.